The lowest BCUT2D eigenvalue weighted by atomic mass is 10.0. The van der Waals surface area contributed by atoms with Crippen LogP contribution < -0.4 is 29.0 Å². The van der Waals surface area contributed by atoms with Crippen molar-refractivity contribution in [1.82, 2.24) is 10.5 Å². The number of oxime groups is 1. The zero-order valence-corrected chi connectivity index (χ0v) is 19.8. The van der Waals surface area contributed by atoms with E-state index in [4.69, 9.17) is 33.0 Å². The Labute approximate surface area is 202 Å². The number of nitrogens with zero attached hydrogens (tertiary/aromatic N) is 2. The molecule has 2 aliphatic heterocycles. The van der Waals surface area contributed by atoms with Crippen LogP contribution in [0.5, 0.6) is 28.7 Å². The Bertz CT molecular complexity index is 1210. The first-order valence-electron chi connectivity index (χ1n) is 11.2. The lowest BCUT2D eigenvalue weighted by molar-refractivity contribution is 0.0853. The van der Waals surface area contributed by atoms with Crippen LogP contribution in [0.2, 0.25) is 0 Å². The normalized spacial score (nSPS) is 16.1. The fourth-order valence-electron chi connectivity index (χ4n) is 4.18. The summed E-state index contributed by atoms with van der Waals surface area (Å²) in [5.41, 5.74) is 3.58. The maximum absolute atomic E-state index is 5.68. The van der Waals surface area contributed by atoms with Gasteiger partial charge in [-0.1, -0.05) is 10.3 Å². The summed E-state index contributed by atoms with van der Waals surface area (Å²) >= 11 is 0. The van der Waals surface area contributed by atoms with Crippen LogP contribution >= 0.6 is 0 Å². The van der Waals surface area contributed by atoms with E-state index in [1.165, 1.54) is 0 Å². The standard InChI is InChI=1S/C25H27N3O7/c1-29-18-6-4-15(5-7-18)21-11-20(35-28-21)13-26-12-17-10-19(34-27-17)8-16-9-22-24(33-14-32-22)25(31-3)23(16)30-2/h4-7,9,11,19,26H,8,10,12-14H2,1-3H3/t19-/m1/s1. The number of aromatic nitrogens is 1. The fraction of sp³-hybridized carbons (Fsp3) is 0.360. The van der Waals surface area contributed by atoms with Crippen LogP contribution in [0.25, 0.3) is 11.3 Å². The van der Waals surface area contributed by atoms with Crippen LogP contribution in [-0.4, -0.2) is 51.6 Å². The van der Waals surface area contributed by atoms with E-state index in [9.17, 15) is 0 Å². The number of benzene rings is 2. The molecule has 5 rings (SSSR count). The summed E-state index contributed by atoms with van der Waals surface area (Å²) in [7, 11) is 4.83. The molecule has 0 unspecified atom stereocenters. The first kappa shape index (κ1) is 22.9. The molecule has 3 heterocycles. The van der Waals surface area contributed by atoms with Gasteiger partial charge in [0, 0.05) is 36.6 Å². The lowest BCUT2D eigenvalue weighted by Gasteiger charge is -2.16. The Morgan fingerprint density at radius 1 is 0.971 bits per heavy atom. The third kappa shape index (κ3) is 4.83. The highest BCUT2D eigenvalue weighted by atomic mass is 16.7. The molecule has 0 bridgehead atoms. The van der Waals surface area contributed by atoms with Crippen LogP contribution in [0.3, 0.4) is 0 Å². The van der Waals surface area contributed by atoms with Crippen LogP contribution in [0, 0.1) is 0 Å². The SMILES string of the molecule is COc1ccc(-c2cc(CNCC3=NO[C@H](Cc4cc5c(c(OC)c4OC)OCO5)C3)on2)cc1. The highest BCUT2D eigenvalue weighted by Gasteiger charge is 2.29. The summed E-state index contributed by atoms with van der Waals surface area (Å²) in [6.07, 6.45) is 1.18. The van der Waals surface area contributed by atoms with Gasteiger partial charge in [0.15, 0.2) is 17.3 Å². The van der Waals surface area contributed by atoms with Gasteiger partial charge in [0.05, 0.1) is 33.6 Å². The maximum Gasteiger partial charge on any atom is 0.231 e. The van der Waals surface area contributed by atoms with E-state index in [1.807, 2.05) is 36.4 Å². The van der Waals surface area contributed by atoms with Crippen molar-refractivity contribution in [3.8, 4) is 40.0 Å². The molecule has 2 aromatic carbocycles. The van der Waals surface area contributed by atoms with Crippen molar-refractivity contribution < 1.29 is 33.0 Å². The van der Waals surface area contributed by atoms with Crippen molar-refractivity contribution in [3.63, 3.8) is 0 Å². The zero-order valence-electron chi connectivity index (χ0n) is 19.8. The van der Waals surface area contributed by atoms with Gasteiger partial charge in [0.1, 0.15) is 17.5 Å². The van der Waals surface area contributed by atoms with E-state index in [1.54, 1.807) is 21.3 Å². The number of methoxy groups -OCH3 is 3. The van der Waals surface area contributed by atoms with Crippen LogP contribution in [-0.2, 0) is 17.8 Å². The first-order valence-corrected chi connectivity index (χ1v) is 11.2. The Hall–Kier alpha value is -3.92. The van der Waals surface area contributed by atoms with Crippen molar-refractivity contribution >= 4 is 5.71 Å². The van der Waals surface area contributed by atoms with Gasteiger partial charge in [0.25, 0.3) is 0 Å². The molecular weight excluding hydrogens is 454 g/mol. The Balaban J connectivity index is 1.13. The number of nitrogens with one attached hydrogen (secondary N) is 1. The van der Waals surface area contributed by atoms with Crippen molar-refractivity contribution in [2.75, 3.05) is 34.7 Å². The van der Waals surface area contributed by atoms with Gasteiger partial charge < -0.3 is 38.4 Å². The highest BCUT2D eigenvalue weighted by molar-refractivity contribution is 5.87. The van der Waals surface area contributed by atoms with E-state index in [2.05, 4.69) is 15.6 Å². The lowest BCUT2D eigenvalue weighted by Crippen LogP contribution is -2.23. The maximum atomic E-state index is 5.68. The molecule has 0 saturated heterocycles. The number of hydrogen-bond donors (Lipinski definition) is 1. The molecule has 2 aliphatic rings. The minimum absolute atomic E-state index is 0.113. The molecule has 10 heteroatoms. The van der Waals surface area contributed by atoms with Gasteiger partial charge in [-0.2, -0.15) is 0 Å². The summed E-state index contributed by atoms with van der Waals surface area (Å²) in [4.78, 5) is 5.68. The molecule has 0 aliphatic carbocycles. The molecule has 1 N–H and O–H groups in total. The second-order valence-electron chi connectivity index (χ2n) is 8.14. The number of ether oxygens (including phenoxy) is 5. The van der Waals surface area contributed by atoms with Crippen molar-refractivity contribution in [3.05, 3.63) is 47.7 Å². The summed E-state index contributed by atoms with van der Waals surface area (Å²) in [5, 5.41) is 11.7. The van der Waals surface area contributed by atoms with E-state index >= 15 is 0 Å². The molecule has 1 aromatic heterocycles. The zero-order chi connectivity index (χ0) is 24.2. The van der Waals surface area contributed by atoms with E-state index in [0.717, 1.165) is 34.0 Å². The summed E-state index contributed by atoms with van der Waals surface area (Å²) in [6.45, 7) is 1.26. The van der Waals surface area contributed by atoms with Crippen molar-refractivity contribution in [1.29, 1.82) is 0 Å². The predicted octanol–water partition coefficient (Wildman–Crippen LogP) is 3.57. The Morgan fingerprint density at radius 2 is 1.80 bits per heavy atom. The molecule has 10 nitrogen and oxygen atoms in total. The van der Waals surface area contributed by atoms with Crippen LogP contribution in [0.4, 0.5) is 0 Å². The fourth-order valence-corrected chi connectivity index (χ4v) is 4.18. The molecular formula is C25H27N3O7. The quantitative estimate of drug-likeness (QED) is 0.465. The molecule has 0 fully saturated rings. The van der Waals surface area contributed by atoms with E-state index in [-0.39, 0.29) is 12.9 Å². The smallest absolute Gasteiger partial charge is 0.231 e. The number of rotatable bonds is 10. The molecule has 1 atom stereocenters. The van der Waals surface area contributed by atoms with Gasteiger partial charge in [-0.05, 0) is 30.3 Å². The molecule has 0 radical (unpaired) electrons. The molecule has 0 amide bonds. The molecule has 3 aromatic rings. The van der Waals surface area contributed by atoms with Crippen LogP contribution in [0.1, 0.15) is 17.7 Å². The molecule has 0 spiro atoms. The third-order valence-corrected chi connectivity index (χ3v) is 5.87. The monoisotopic (exact) mass is 481 g/mol. The van der Waals surface area contributed by atoms with Gasteiger partial charge in [-0.25, -0.2) is 0 Å². The number of hydrogen-bond acceptors (Lipinski definition) is 10. The van der Waals surface area contributed by atoms with Gasteiger partial charge in [-0.3, -0.25) is 0 Å². The first-order chi connectivity index (χ1) is 17.2. The van der Waals surface area contributed by atoms with Gasteiger partial charge in [0.2, 0.25) is 18.3 Å². The summed E-state index contributed by atoms with van der Waals surface area (Å²) in [5.74, 6) is 3.88. The minimum Gasteiger partial charge on any atom is -0.497 e. The molecule has 184 valence electrons. The Kier molecular flexibility index (Phi) is 6.62. The topological polar surface area (TPSA) is 106 Å². The average molecular weight is 482 g/mol. The summed E-state index contributed by atoms with van der Waals surface area (Å²) in [6, 6.07) is 11.5. The second-order valence-corrected chi connectivity index (χ2v) is 8.14. The highest BCUT2D eigenvalue weighted by Crippen LogP contribution is 2.49. The second kappa shape index (κ2) is 10.1. The molecule has 0 saturated carbocycles. The van der Waals surface area contributed by atoms with E-state index in [0.29, 0.717) is 48.9 Å². The average Bonchev–Trinajstić information content (AvgIpc) is 3.65. The predicted molar refractivity (Wildman–Crippen MR) is 126 cm³/mol. The van der Waals surface area contributed by atoms with E-state index < -0.39 is 0 Å². The number of fused-ring (bicyclic) bond motifs is 1. The molecule has 35 heavy (non-hydrogen) atoms. The van der Waals surface area contributed by atoms with Crippen molar-refractivity contribution in [2.24, 2.45) is 5.16 Å². The Morgan fingerprint density at radius 3 is 2.57 bits per heavy atom. The van der Waals surface area contributed by atoms with Crippen molar-refractivity contribution in [2.45, 2.75) is 25.5 Å². The minimum atomic E-state index is -0.113. The van der Waals surface area contributed by atoms with Crippen LogP contribution in [0.15, 0.2) is 46.1 Å². The van der Waals surface area contributed by atoms with Gasteiger partial charge >= 0.3 is 0 Å². The largest absolute Gasteiger partial charge is 0.497 e. The third-order valence-electron chi connectivity index (χ3n) is 5.87. The van der Waals surface area contributed by atoms with Gasteiger partial charge in [-0.15, -0.1) is 0 Å². The summed E-state index contributed by atoms with van der Waals surface area (Å²) < 4.78 is 32.8.